The Morgan fingerprint density at radius 1 is 1.60 bits per heavy atom. The van der Waals surface area contributed by atoms with Crippen molar-refractivity contribution in [2.45, 2.75) is 32.7 Å². The Balaban J connectivity index is 0.00000200. The van der Waals surface area contributed by atoms with Gasteiger partial charge in [0.25, 0.3) is 0 Å². The van der Waals surface area contributed by atoms with Gasteiger partial charge in [0, 0.05) is 13.5 Å². The minimum Gasteiger partial charge on any atom is -0.467 e. The lowest BCUT2D eigenvalue weighted by Crippen LogP contribution is -2.36. The molecule has 1 aromatic heterocycles. The van der Waals surface area contributed by atoms with Gasteiger partial charge >= 0.3 is 0 Å². The third kappa shape index (κ3) is 4.84. The molecule has 0 radical (unpaired) electrons. The highest BCUT2D eigenvalue weighted by Gasteiger charge is 2.23. The van der Waals surface area contributed by atoms with Crippen LogP contribution in [0.2, 0.25) is 0 Å². The molecule has 0 aromatic carbocycles. The molecule has 0 bridgehead atoms. The van der Waals surface area contributed by atoms with E-state index in [1.54, 1.807) is 11.2 Å². The van der Waals surface area contributed by atoms with Crippen molar-refractivity contribution in [3.05, 3.63) is 24.2 Å². The molecule has 0 aliphatic carbocycles. The van der Waals surface area contributed by atoms with E-state index in [2.05, 4.69) is 12.2 Å². The third-order valence-corrected chi connectivity index (χ3v) is 4.04. The molecule has 1 amide bonds. The number of carbonyl (C=O) groups is 1. The number of amides is 1. The topological polar surface area (TPSA) is 45.5 Å². The molecular formula is C15H25ClN2O2. The number of piperidine rings is 1. The quantitative estimate of drug-likeness (QED) is 0.909. The van der Waals surface area contributed by atoms with Crippen LogP contribution in [0.25, 0.3) is 0 Å². The largest absolute Gasteiger partial charge is 0.467 e. The average Bonchev–Trinajstić information content (AvgIpc) is 2.92. The molecule has 114 valence electrons. The van der Waals surface area contributed by atoms with Crippen LogP contribution in [0.15, 0.2) is 22.8 Å². The van der Waals surface area contributed by atoms with Crippen LogP contribution in [0.1, 0.15) is 31.9 Å². The molecule has 1 aromatic rings. The molecule has 0 saturated carbocycles. The summed E-state index contributed by atoms with van der Waals surface area (Å²) in [5.41, 5.74) is 0. The highest BCUT2D eigenvalue weighted by atomic mass is 35.5. The Labute approximate surface area is 127 Å². The van der Waals surface area contributed by atoms with Crippen molar-refractivity contribution in [1.82, 2.24) is 10.2 Å². The minimum atomic E-state index is 0. The third-order valence-electron chi connectivity index (χ3n) is 4.04. The van der Waals surface area contributed by atoms with Gasteiger partial charge in [0.05, 0.1) is 12.8 Å². The number of carbonyl (C=O) groups excluding carboxylic acids is 1. The molecule has 2 atom stereocenters. The van der Waals surface area contributed by atoms with Crippen LogP contribution in [-0.2, 0) is 11.3 Å². The van der Waals surface area contributed by atoms with Gasteiger partial charge < -0.3 is 14.6 Å². The van der Waals surface area contributed by atoms with Crippen LogP contribution in [0.4, 0.5) is 0 Å². The predicted molar refractivity (Wildman–Crippen MR) is 81.8 cm³/mol. The number of nitrogens with zero attached hydrogens (tertiary/aromatic N) is 1. The van der Waals surface area contributed by atoms with Crippen LogP contribution in [-0.4, -0.2) is 30.9 Å². The monoisotopic (exact) mass is 300 g/mol. The lowest BCUT2D eigenvalue weighted by atomic mass is 9.85. The van der Waals surface area contributed by atoms with E-state index >= 15 is 0 Å². The lowest BCUT2D eigenvalue weighted by molar-refractivity contribution is -0.132. The van der Waals surface area contributed by atoms with Crippen molar-refractivity contribution in [3.63, 3.8) is 0 Å². The van der Waals surface area contributed by atoms with E-state index in [0.29, 0.717) is 24.8 Å². The molecule has 5 heteroatoms. The molecule has 0 spiro atoms. The van der Waals surface area contributed by atoms with E-state index in [4.69, 9.17) is 4.42 Å². The number of hydrogen-bond acceptors (Lipinski definition) is 3. The lowest BCUT2D eigenvalue weighted by Gasteiger charge is -2.29. The van der Waals surface area contributed by atoms with Gasteiger partial charge in [-0.3, -0.25) is 4.79 Å². The molecule has 2 rings (SSSR count). The minimum absolute atomic E-state index is 0. The number of halogens is 1. The van der Waals surface area contributed by atoms with Crippen molar-refractivity contribution in [1.29, 1.82) is 0 Å². The maximum absolute atomic E-state index is 12.2. The van der Waals surface area contributed by atoms with Crippen LogP contribution in [0.5, 0.6) is 0 Å². The highest BCUT2D eigenvalue weighted by molar-refractivity contribution is 5.85. The van der Waals surface area contributed by atoms with Gasteiger partial charge in [-0.05, 0) is 49.9 Å². The first kappa shape index (κ1) is 17.1. The van der Waals surface area contributed by atoms with Gasteiger partial charge in [0.2, 0.25) is 5.91 Å². The second kappa shape index (κ2) is 8.32. The highest BCUT2D eigenvalue weighted by Crippen LogP contribution is 2.23. The first-order valence-electron chi connectivity index (χ1n) is 7.14. The van der Waals surface area contributed by atoms with Gasteiger partial charge in [-0.15, -0.1) is 12.4 Å². The van der Waals surface area contributed by atoms with Gasteiger partial charge in [-0.1, -0.05) is 6.92 Å². The number of furan rings is 1. The molecular weight excluding hydrogens is 276 g/mol. The fourth-order valence-corrected chi connectivity index (χ4v) is 2.69. The summed E-state index contributed by atoms with van der Waals surface area (Å²) < 4.78 is 5.27. The van der Waals surface area contributed by atoms with E-state index in [1.165, 1.54) is 12.8 Å². The fraction of sp³-hybridized carbons (Fsp3) is 0.667. The summed E-state index contributed by atoms with van der Waals surface area (Å²) in [5.74, 6) is 2.12. The van der Waals surface area contributed by atoms with Gasteiger partial charge in [-0.2, -0.15) is 0 Å². The second-order valence-electron chi connectivity index (χ2n) is 5.62. The van der Waals surface area contributed by atoms with Crippen LogP contribution < -0.4 is 5.32 Å². The first-order chi connectivity index (χ1) is 9.16. The molecule has 2 unspecified atom stereocenters. The molecule has 2 heterocycles. The normalized spacial score (nSPS) is 20.0. The summed E-state index contributed by atoms with van der Waals surface area (Å²) in [5, 5.41) is 3.41. The van der Waals surface area contributed by atoms with Crippen LogP contribution >= 0.6 is 12.4 Å². The number of nitrogens with one attached hydrogen (secondary N) is 1. The van der Waals surface area contributed by atoms with Crippen LogP contribution in [0.3, 0.4) is 0 Å². The Bertz CT molecular complexity index is 389. The molecule has 1 N–H and O–H groups in total. The van der Waals surface area contributed by atoms with E-state index < -0.39 is 0 Å². The zero-order chi connectivity index (χ0) is 13.7. The average molecular weight is 301 g/mol. The van der Waals surface area contributed by atoms with Crippen molar-refractivity contribution in [3.8, 4) is 0 Å². The standard InChI is InChI=1S/C15H24N2O2.ClH/c1-12(13-5-3-7-16-10-13)9-15(18)17(2)11-14-6-4-8-19-14;/h4,6,8,12-13,16H,3,5,7,9-11H2,1-2H3;1H. The Kier molecular flexibility index (Phi) is 7.10. The molecule has 1 fully saturated rings. The van der Waals surface area contributed by atoms with Crippen molar-refractivity contribution >= 4 is 18.3 Å². The summed E-state index contributed by atoms with van der Waals surface area (Å²) in [6.45, 7) is 4.92. The summed E-state index contributed by atoms with van der Waals surface area (Å²) in [6.07, 6.45) is 4.74. The van der Waals surface area contributed by atoms with E-state index in [9.17, 15) is 4.79 Å². The second-order valence-corrected chi connectivity index (χ2v) is 5.62. The Morgan fingerprint density at radius 3 is 3.00 bits per heavy atom. The molecule has 20 heavy (non-hydrogen) atoms. The summed E-state index contributed by atoms with van der Waals surface area (Å²) >= 11 is 0. The number of hydrogen-bond donors (Lipinski definition) is 1. The fourth-order valence-electron chi connectivity index (χ4n) is 2.69. The van der Waals surface area contributed by atoms with E-state index in [1.807, 2.05) is 19.2 Å². The maximum atomic E-state index is 12.2. The van der Waals surface area contributed by atoms with Gasteiger partial charge in [-0.25, -0.2) is 0 Å². The van der Waals surface area contributed by atoms with Crippen molar-refractivity contribution in [2.24, 2.45) is 11.8 Å². The van der Waals surface area contributed by atoms with Crippen molar-refractivity contribution in [2.75, 3.05) is 20.1 Å². The number of rotatable bonds is 5. The van der Waals surface area contributed by atoms with E-state index in [0.717, 1.165) is 18.8 Å². The molecule has 4 nitrogen and oxygen atoms in total. The van der Waals surface area contributed by atoms with Gasteiger partial charge in [0.1, 0.15) is 5.76 Å². The summed E-state index contributed by atoms with van der Waals surface area (Å²) in [7, 11) is 1.84. The zero-order valence-corrected chi connectivity index (χ0v) is 13.1. The zero-order valence-electron chi connectivity index (χ0n) is 12.3. The Hall–Kier alpha value is -1.00. The smallest absolute Gasteiger partial charge is 0.222 e. The van der Waals surface area contributed by atoms with Crippen molar-refractivity contribution < 1.29 is 9.21 Å². The molecule has 1 saturated heterocycles. The van der Waals surface area contributed by atoms with Gasteiger partial charge in [0.15, 0.2) is 0 Å². The van der Waals surface area contributed by atoms with E-state index in [-0.39, 0.29) is 18.3 Å². The van der Waals surface area contributed by atoms with Crippen LogP contribution in [0, 0.1) is 11.8 Å². The SMILES string of the molecule is CC(CC(=O)N(C)Cc1ccco1)C1CCCNC1.Cl. The summed E-state index contributed by atoms with van der Waals surface area (Å²) in [6, 6.07) is 3.75. The summed E-state index contributed by atoms with van der Waals surface area (Å²) in [4.78, 5) is 13.9. The Morgan fingerprint density at radius 2 is 2.40 bits per heavy atom. The molecule has 1 aliphatic heterocycles. The maximum Gasteiger partial charge on any atom is 0.222 e. The molecule has 1 aliphatic rings. The predicted octanol–water partition coefficient (Wildman–Crippen LogP) is 2.69. The first-order valence-corrected chi connectivity index (χ1v) is 7.14.